The third-order valence-electron chi connectivity index (χ3n) is 5.88. The van der Waals surface area contributed by atoms with Crippen molar-refractivity contribution >= 4 is 40.5 Å². The Labute approximate surface area is 258 Å². The van der Waals surface area contributed by atoms with Crippen LogP contribution in [0, 0.1) is 13.0 Å². The molecule has 3 heterocycles. The van der Waals surface area contributed by atoms with Crippen molar-refractivity contribution in [3.63, 3.8) is 0 Å². The Balaban J connectivity index is 0.000000273. The fourth-order valence-electron chi connectivity index (χ4n) is 4.04. The summed E-state index contributed by atoms with van der Waals surface area (Å²) >= 11 is 0. The van der Waals surface area contributed by atoms with Gasteiger partial charge in [0, 0.05) is 27.9 Å². The van der Waals surface area contributed by atoms with E-state index in [9.17, 15) is 25.2 Å². The summed E-state index contributed by atoms with van der Waals surface area (Å²) in [6.07, 6.45) is 1.86. The minimum absolute atomic E-state index is 0. The van der Waals surface area contributed by atoms with Crippen molar-refractivity contribution in [2.45, 2.75) is 26.7 Å². The molecule has 0 aliphatic carbocycles. The van der Waals surface area contributed by atoms with E-state index in [0.29, 0.717) is 5.92 Å². The number of benzene rings is 3. The number of aromatic amines is 1. The number of hydrogen-bond acceptors (Lipinski definition) is 2. The van der Waals surface area contributed by atoms with E-state index < -0.39 is 7.81 Å². The van der Waals surface area contributed by atoms with Crippen LogP contribution in [-0.4, -0.2) is 15.0 Å². The summed E-state index contributed by atoms with van der Waals surface area (Å²) in [5, 5.41) is 3.53. The van der Waals surface area contributed by atoms with Gasteiger partial charge in [-0.2, -0.15) is 35.4 Å². The van der Waals surface area contributed by atoms with Crippen LogP contribution in [0.4, 0.5) is 25.2 Å². The van der Waals surface area contributed by atoms with Crippen LogP contribution >= 0.6 is 7.81 Å². The van der Waals surface area contributed by atoms with Crippen LogP contribution in [0.1, 0.15) is 30.9 Å². The van der Waals surface area contributed by atoms with E-state index in [4.69, 9.17) is 4.98 Å². The summed E-state index contributed by atoms with van der Waals surface area (Å²) < 4.78 is 59.2. The number of pyridine rings is 2. The molecule has 6 rings (SSSR count). The Morgan fingerprint density at radius 2 is 1.43 bits per heavy atom. The molecule has 0 aliphatic rings. The zero-order valence-electron chi connectivity index (χ0n) is 22.6. The average Bonchev–Trinajstić information content (AvgIpc) is 3.26. The molecule has 12 heteroatoms. The molecule has 0 spiro atoms. The molecule has 0 aliphatic heterocycles. The van der Waals surface area contributed by atoms with Crippen LogP contribution in [0.25, 0.3) is 44.1 Å². The topological polar surface area (TPSA) is 41.6 Å². The van der Waals surface area contributed by atoms with E-state index in [1.165, 1.54) is 21.9 Å². The maximum absolute atomic E-state index is 10.7. The van der Waals surface area contributed by atoms with E-state index in [1.807, 2.05) is 42.6 Å². The number of nitrogens with one attached hydrogen (secondary N) is 1. The fourth-order valence-corrected chi connectivity index (χ4v) is 4.04. The zero-order valence-corrected chi connectivity index (χ0v) is 26.0. The van der Waals surface area contributed by atoms with Gasteiger partial charge in [-0.05, 0) is 30.2 Å². The first-order chi connectivity index (χ1) is 18.5. The van der Waals surface area contributed by atoms with Crippen LogP contribution in [0.5, 0.6) is 0 Å². The molecule has 3 aromatic carbocycles. The molecule has 3 nitrogen and oxygen atoms in total. The molecular weight excluding hydrogens is 684 g/mol. The number of H-pyrrole nitrogens is 1. The number of nitrogens with zero attached hydrogens (tertiary/aromatic N) is 2. The number of aryl methyl sites for hydroxylation is 1. The van der Waals surface area contributed by atoms with Gasteiger partial charge >= 0.3 is 52.5 Å². The van der Waals surface area contributed by atoms with Crippen LogP contribution in [0.3, 0.4) is 0 Å². The van der Waals surface area contributed by atoms with E-state index >= 15 is 0 Å². The van der Waals surface area contributed by atoms with Crippen molar-refractivity contribution in [3.8, 4) is 11.4 Å². The van der Waals surface area contributed by atoms with Crippen molar-refractivity contribution < 1.29 is 57.1 Å². The Kier molecular flexibility index (Phi) is 10.6. The molecule has 0 bridgehead atoms. The quantitative estimate of drug-likeness (QED) is 0.0853. The third-order valence-corrected chi connectivity index (χ3v) is 5.88. The van der Waals surface area contributed by atoms with Gasteiger partial charge in [-0.15, -0.1) is 0 Å². The van der Waals surface area contributed by atoms with Crippen molar-refractivity contribution in [1.29, 1.82) is 0 Å². The van der Waals surface area contributed by atoms with Crippen molar-refractivity contribution in [3.05, 3.63) is 108 Å². The molecular formula is C30H26ClF6N3PRu. The van der Waals surface area contributed by atoms with E-state index in [1.54, 1.807) is 0 Å². The molecule has 1 radical (unpaired) electrons. The van der Waals surface area contributed by atoms with Gasteiger partial charge in [-0.25, -0.2) is 4.98 Å². The second kappa shape index (κ2) is 12.7. The monoisotopic (exact) mass is 710 g/mol. The van der Waals surface area contributed by atoms with Gasteiger partial charge in [0.05, 0.1) is 16.7 Å². The molecule has 0 saturated carbocycles. The second-order valence-electron chi connectivity index (χ2n) is 9.58. The fraction of sp³-hybridized carbons (Fsp3) is 0.133. The molecule has 0 fully saturated rings. The first-order valence-electron chi connectivity index (χ1n) is 12.3. The summed E-state index contributed by atoms with van der Waals surface area (Å²) in [6, 6.07) is 32.2. The minimum Gasteiger partial charge on any atom is -1.00 e. The number of rotatable bonds is 2. The van der Waals surface area contributed by atoms with Gasteiger partial charge in [0.15, 0.2) is 0 Å². The first kappa shape index (κ1) is 35.1. The van der Waals surface area contributed by atoms with Crippen LogP contribution in [0.2, 0.25) is 0 Å². The summed E-state index contributed by atoms with van der Waals surface area (Å²) in [6.45, 7) is 6.45. The number of halogens is 7. The largest absolute Gasteiger partial charge is 3.00 e. The third kappa shape index (κ3) is 10.3. The van der Waals surface area contributed by atoms with Gasteiger partial charge in [0.2, 0.25) is 0 Å². The Morgan fingerprint density at radius 3 is 2.07 bits per heavy atom. The van der Waals surface area contributed by atoms with Crippen LogP contribution in [0.15, 0.2) is 91.1 Å². The SMILES string of the molecule is Cc1c[c-]c(C(C)C)cc1.F[P-](F)(F)(F)(F)F.[Cl-].[Ru+3].c1ccc2nc(-c3nccc4c3[nH]c3ccccc34)ccc2c1. The van der Waals surface area contributed by atoms with Crippen molar-refractivity contribution in [1.82, 2.24) is 15.0 Å². The number of hydrogen-bond donors (Lipinski definition) is 1. The molecule has 1 N–H and O–H groups in total. The van der Waals surface area contributed by atoms with Gasteiger partial charge in [-0.3, -0.25) is 4.98 Å². The molecule has 0 amide bonds. The maximum atomic E-state index is 9.87. The van der Waals surface area contributed by atoms with Gasteiger partial charge in [0.25, 0.3) is 0 Å². The number of fused-ring (bicyclic) bond motifs is 4. The van der Waals surface area contributed by atoms with Crippen molar-refractivity contribution in [2.75, 3.05) is 0 Å². The molecule has 0 unspecified atom stereocenters. The molecule has 42 heavy (non-hydrogen) atoms. The molecule has 0 atom stereocenters. The zero-order chi connectivity index (χ0) is 29.2. The second-order valence-corrected chi connectivity index (χ2v) is 11.5. The van der Waals surface area contributed by atoms with E-state index in [-0.39, 0.29) is 31.9 Å². The van der Waals surface area contributed by atoms with Crippen molar-refractivity contribution in [2.24, 2.45) is 0 Å². The minimum atomic E-state index is -10.7. The van der Waals surface area contributed by atoms with Gasteiger partial charge in [-0.1, -0.05) is 63.2 Å². The van der Waals surface area contributed by atoms with Gasteiger partial charge < -0.3 is 17.4 Å². The van der Waals surface area contributed by atoms with Crippen LogP contribution < -0.4 is 12.4 Å². The smallest absolute Gasteiger partial charge is 1.00 e. The molecule has 3 aromatic heterocycles. The average molecular weight is 710 g/mol. The number of para-hydroxylation sites is 2. The molecule has 223 valence electrons. The standard InChI is InChI=1S/C20H13N3.C10H13.ClH.F6P.Ru/c1-3-7-16-13(5-1)9-10-18(22-16)20-19-15(11-12-21-20)14-6-2-4-8-17(14)23-19;1-8(2)10-6-4-9(3)5-7-10;;1-7(2,3,4,5)6;/h1-12,23H;4-6,8H,1-3H3;1H;;/q;-1;;-1;+3/p-1. The maximum Gasteiger partial charge on any atom is 3.00 e. The predicted molar refractivity (Wildman–Crippen MR) is 152 cm³/mol. The summed E-state index contributed by atoms with van der Waals surface area (Å²) in [5.41, 5.74) is 7.51. The van der Waals surface area contributed by atoms with Crippen LogP contribution in [-0.2, 0) is 19.5 Å². The van der Waals surface area contributed by atoms with Gasteiger partial charge in [0.1, 0.15) is 5.69 Å². The van der Waals surface area contributed by atoms with E-state index in [0.717, 1.165) is 33.3 Å². The number of aromatic nitrogens is 3. The first-order valence-corrected chi connectivity index (χ1v) is 14.3. The Bertz CT molecular complexity index is 1780. The predicted octanol–water partition coefficient (Wildman–Crippen LogP) is 8.23. The van der Waals surface area contributed by atoms with E-state index in [2.05, 4.69) is 85.3 Å². The summed E-state index contributed by atoms with van der Waals surface area (Å²) in [4.78, 5) is 12.9. The molecule has 6 aromatic rings. The Hall–Kier alpha value is -3.06. The molecule has 0 saturated heterocycles. The summed E-state index contributed by atoms with van der Waals surface area (Å²) in [5.74, 6) is 0.598. The Morgan fingerprint density at radius 1 is 0.786 bits per heavy atom. The normalized spacial score (nSPS) is 12.6. The summed E-state index contributed by atoms with van der Waals surface area (Å²) in [7, 11) is -10.7.